The smallest absolute Gasteiger partial charge is 0.151 e. The third kappa shape index (κ3) is 1.43. The molecule has 1 heteroatoms. The van der Waals surface area contributed by atoms with Crippen molar-refractivity contribution in [2.75, 3.05) is 0 Å². The molecular weight excluding hydrogens is 208 g/mol. The standard InChI is InChI=1S/C16H12O/c1-11-5-4-8-14-15(11)9-12-6-2-3-7-13(12)16(14)10-17/h2-10H,1H3. The molecule has 0 amide bonds. The van der Waals surface area contributed by atoms with Gasteiger partial charge in [-0.2, -0.15) is 0 Å². The van der Waals surface area contributed by atoms with Crippen LogP contribution in [0.4, 0.5) is 0 Å². The van der Waals surface area contributed by atoms with E-state index in [1.807, 2.05) is 36.4 Å². The number of fused-ring (bicyclic) bond motifs is 2. The fraction of sp³-hybridized carbons (Fsp3) is 0.0625. The molecule has 82 valence electrons. The Bertz CT molecular complexity index is 726. The van der Waals surface area contributed by atoms with Crippen LogP contribution in [0.15, 0.2) is 48.5 Å². The summed E-state index contributed by atoms with van der Waals surface area (Å²) in [5.74, 6) is 0. The molecule has 0 aliphatic heterocycles. The molecule has 0 spiro atoms. The van der Waals surface area contributed by atoms with Crippen molar-refractivity contribution in [3.63, 3.8) is 0 Å². The predicted octanol–water partition coefficient (Wildman–Crippen LogP) is 4.11. The van der Waals surface area contributed by atoms with Gasteiger partial charge in [-0.3, -0.25) is 4.79 Å². The second kappa shape index (κ2) is 3.70. The summed E-state index contributed by atoms with van der Waals surface area (Å²) >= 11 is 0. The molecular formula is C16H12O. The van der Waals surface area contributed by atoms with E-state index in [4.69, 9.17) is 0 Å². The molecule has 0 saturated carbocycles. The van der Waals surface area contributed by atoms with Crippen molar-refractivity contribution in [2.45, 2.75) is 6.92 Å². The van der Waals surface area contributed by atoms with Gasteiger partial charge >= 0.3 is 0 Å². The SMILES string of the molecule is Cc1cccc2c(C=O)c3ccccc3cc12. The number of aldehydes is 1. The maximum Gasteiger partial charge on any atom is 0.151 e. The number of rotatable bonds is 1. The Balaban J connectivity index is 2.63. The molecule has 3 aromatic rings. The number of aryl methyl sites for hydroxylation is 1. The summed E-state index contributed by atoms with van der Waals surface area (Å²) in [7, 11) is 0. The summed E-state index contributed by atoms with van der Waals surface area (Å²) in [6.45, 7) is 2.08. The monoisotopic (exact) mass is 220 g/mol. The van der Waals surface area contributed by atoms with Crippen LogP contribution in [0.5, 0.6) is 0 Å². The van der Waals surface area contributed by atoms with Gasteiger partial charge in [0, 0.05) is 5.56 Å². The van der Waals surface area contributed by atoms with E-state index >= 15 is 0 Å². The zero-order valence-corrected chi connectivity index (χ0v) is 9.60. The third-order valence-electron chi connectivity index (χ3n) is 3.28. The molecule has 0 N–H and O–H groups in total. The highest BCUT2D eigenvalue weighted by Crippen LogP contribution is 2.28. The Hall–Kier alpha value is -2.15. The predicted molar refractivity (Wildman–Crippen MR) is 71.6 cm³/mol. The molecule has 0 aliphatic carbocycles. The summed E-state index contributed by atoms with van der Waals surface area (Å²) < 4.78 is 0. The Morgan fingerprint density at radius 3 is 2.47 bits per heavy atom. The lowest BCUT2D eigenvalue weighted by Crippen LogP contribution is -1.88. The van der Waals surface area contributed by atoms with E-state index in [1.165, 1.54) is 5.56 Å². The van der Waals surface area contributed by atoms with Crippen LogP contribution in [0, 0.1) is 6.92 Å². The zero-order valence-electron chi connectivity index (χ0n) is 9.60. The topological polar surface area (TPSA) is 17.1 Å². The Labute approximate surface area is 99.7 Å². The van der Waals surface area contributed by atoms with Gasteiger partial charge in [0.25, 0.3) is 0 Å². The number of benzene rings is 3. The summed E-state index contributed by atoms with van der Waals surface area (Å²) in [4.78, 5) is 11.3. The maximum atomic E-state index is 11.3. The van der Waals surface area contributed by atoms with E-state index < -0.39 is 0 Å². The van der Waals surface area contributed by atoms with Gasteiger partial charge in [-0.25, -0.2) is 0 Å². The van der Waals surface area contributed by atoms with Gasteiger partial charge in [0.05, 0.1) is 0 Å². The first-order valence-electron chi connectivity index (χ1n) is 5.67. The first-order chi connectivity index (χ1) is 8.31. The summed E-state index contributed by atoms with van der Waals surface area (Å²) in [5.41, 5.74) is 2.00. The van der Waals surface area contributed by atoms with Crippen molar-refractivity contribution in [3.05, 3.63) is 59.7 Å². The third-order valence-corrected chi connectivity index (χ3v) is 3.28. The van der Waals surface area contributed by atoms with Crippen LogP contribution in [-0.4, -0.2) is 6.29 Å². The lowest BCUT2D eigenvalue weighted by Gasteiger charge is -2.08. The van der Waals surface area contributed by atoms with E-state index in [2.05, 4.69) is 19.1 Å². The van der Waals surface area contributed by atoms with Gasteiger partial charge in [0.15, 0.2) is 6.29 Å². The first-order valence-corrected chi connectivity index (χ1v) is 5.67. The normalized spacial score (nSPS) is 10.9. The number of carbonyl (C=O) groups excluding carboxylic acids is 1. The highest BCUT2D eigenvalue weighted by molar-refractivity contribution is 6.12. The van der Waals surface area contributed by atoms with Gasteiger partial charge in [-0.15, -0.1) is 0 Å². The van der Waals surface area contributed by atoms with Gasteiger partial charge < -0.3 is 0 Å². The average Bonchev–Trinajstić information content (AvgIpc) is 2.37. The number of carbonyl (C=O) groups is 1. The summed E-state index contributed by atoms with van der Waals surface area (Å²) in [6.07, 6.45) is 0.962. The van der Waals surface area contributed by atoms with Crippen LogP contribution in [0.3, 0.4) is 0 Å². The van der Waals surface area contributed by atoms with Crippen molar-refractivity contribution in [2.24, 2.45) is 0 Å². The Kier molecular flexibility index (Phi) is 2.19. The molecule has 3 rings (SSSR count). The lowest BCUT2D eigenvalue weighted by molar-refractivity contribution is 0.112. The molecule has 0 heterocycles. The molecule has 17 heavy (non-hydrogen) atoms. The van der Waals surface area contributed by atoms with Crippen LogP contribution in [-0.2, 0) is 0 Å². The number of hydrogen-bond donors (Lipinski definition) is 0. The van der Waals surface area contributed by atoms with Crippen molar-refractivity contribution in [1.29, 1.82) is 0 Å². The Morgan fingerprint density at radius 2 is 1.65 bits per heavy atom. The molecule has 0 aromatic heterocycles. The highest BCUT2D eigenvalue weighted by atomic mass is 16.1. The molecule has 1 nitrogen and oxygen atoms in total. The molecule has 0 fully saturated rings. The zero-order chi connectivity index (χ0) is 11.8. The van der Waals surface area contributed by atoms with Crippen LogP contribution in [0.1, 0.15) is 15.9 Å². The maximum absolute atomic E-state index is 11.3. The molecule has 3 aromatic carbocycles. The molecule has 0 saturated heterocycles. The summed E-state index contributed by atoms with van der Waals surface area (Å²) in [5, 5.41) is 4.35. The van der Waals surface area contributed by atoms with Gasteiger partial charge in [-0.05, 0) is 40.1 Å². The van der Waals surface area contributed by atoms with Crippen molar-refractivity contribution < 1.29 is 4.79 Å². The summed E-state index contributed by atoms with van der Waals surface area (Å²) in [6, 6.07) is 16.3. The lowest BCUT2D eigenvalue weighted by atomic mass is 9.95. The van der Waals surface area contributed by atoms with Crippen LogP contribution in [0.2, 0.25) is 0 Å². The highest BCUT2D eigenvalue weighted by Gasteiger charge is 2.07. The van der Waals surface area contributed by atoms with E-state index in [0.717, 1.165) is 33.4 Å². The molecule has 0 aliphatic rings. The van der Waals surface area contributed by atoms with Crippen molar-refractivity contribution in [1.82, 2.24) is 0 Å². The minimum Gasteiger partial charge on any atom is -0.298 e. The van der Waals surface area contributed by atoms with Crippen LogP contribution in [0.25, 0.3) is 21.5 Å². The van der Waals surface area contributed by atoms with E-state index in [-0.39, 0.29) is 0 Å². The van der Waals surface area contributed by atoms with Crippen molar-refractivity contribution >= 4 is 27.8 Å². The molecule has 0 bridgehead atoms. The van der Waals surface area contributed by atoms with Gasteiger partial charge in [-0.1, -0.05) is 42.5 Å². The minimum atomic E-state index is 0.793. The van der Waals surface area contributed by atoms with E-state index in [9.17, 15) is 4.79 Å². The van der Waals surface area contributed by atoms with E-state index in [1.54, 1.807) is 0 Å². The fourth-order valence-electron chi connectivity index (χ4n) is 2.40. The fourth-order valence-corrected chi connectivity index (χ4v) is 2.40. The number of hydrogen-bond acceptors (Lipinski definition) is 1. The molecule has 0 radical (unpaired) electrons. The quantitative estimate of drug-likeness (QED) is 0.445. The minimum absolute atomic E-state index is 0.793. The second-order valence-electron chi connectivity index (χ2n) is 4.30. The van der Waals surface area contributed by atoms with Crippen LogP contribution < -0.4 is 0 Å². The Morgan fingerprint density at radius 1 is 0.882 bits per heavy atom. The largest absolute Gasteiger partial charge is 0.298 e. The average molecular weight is 220 g/mol. The van der Waals surface area contributed by atoms with Gasteiger partial charge in [0.1, 0.15) is 0 Å². The second-order valence-corrected chi connectivity index (χ2v) is 4.30. The van der Waals surface area contributed by atoms with E-state index in [0.29, 0.717) is 0 Å². The van der Waals surface area contributed by atoms with Gasteiger partial charge in [0.2, 0.25) is 0 Å². The first kappa shape index (κ1) is 10.0. The molecule has 0 atom stereocenters. The van der Waals surface area contributed by atoms with Crippen molar-refractivity contribution in [3.8, 4) is 0 Å². The van der Waals surface area contributed by atoms with Crippen LogP contribution >= 0.6 is 0 Å². The molecule has 0 unspecified atom stereocenters.